The number of pyridine rings is 1. The van der Waals surface area contributed by atoms with Gasteiger partial charge in [-0.05, 0) is 6.92 Å². The number of hydrogen-bond donors (Lipinski definition) is 0. The van der Waals surface area contributed by atoms with E-state index in [9.17, 15) is 19.7 Å². The van der Waals surface area contributed by atoms with Crippen molar-refractivity contribution in [2.24, 2.45) is 0 Å². The van der Waals surface area contributed by atoms with Gasteiger partial charge in [0.25, 0.3) is 11.2 Å². The lowest BCUT2D eigenvalue weighted by atomic mass is 10.2. The molecule has 1 rings (SSSR count). The van der Waals surface area contributed by atoms with Gasteiger partial charge in [0, 0.05) is 18.2 Å². The lowest BCUT2D eigenvalue weighted by Gasteiger charge is -2.10. The number of nitro groups is 1. The molecule has 1 heterocycles. The maximum absolute atomic E-state index is 11.6. The summed E-state index contributed by atoms with van der Waals surface area (Å²) in [5.41, 5.74) is -0.295. The predicted molar refractivity (Wildman–Crippen MR) is 66.8 cm³/mol. The Morgan fingerprint density at radius 1 is 1.67 bits per heavy atom. The third kappa shape index (κ3) is 3.16. The van der Waals surface area contributed by atoms with Gasteiger partial charge in [-0.1, -0.05) is 15.9 Å². The number of methoxy groups -OCH3 is 1. The van der Waals surface area contributed by atoms with Crippen LogP contribution in [0.5, 0.6) is 0 Å². The molecule has 0 N–H and O–H groups in total. The molecule has 1 aromatic heterocycles. The quantitative estimate of drug-likeness (QED) is 0.357. The number of hydrogen-bond acceptors (Lipinski definition) is 5. The van der Waals surface area contributed by atoms with Crippen molar-refractivity contribution in [2.75, 3.05) is 7.11 Å². The zero-order chi connectivity index (χ0) is 13.9. The van der Waals surface area contributed by atoms with Gasteiger partial charge in [-0.25, -0.2) is 0 Å². The highest BCUT2D eigenvalue weighted by Gasteiger charge is 2.19. The van der Waals surface area contributed by atoms with Gasteiger partial charge >= 0.3 is 5.97 Å². The van der Waals surface area contributed by atoms with Crippen molar-refractivity contribution >= 4 is 27.6 Å². The smallest absolute Gasteiger partial charge is 0.321 e. The van der Waals surface area contributed by atoms with Gasteiger partial charge in [0.1, 0.15) is 4.83 Å². The minimum atomic E-state index is -0.734. The topological polar surface area (TPSA) is 91.4 Å². The van der Waals surface area contributed by atoms with Crippen molar-refractivity contribution in [1.29, 1.82) is 0 Å². The van der Waals surface area contributed by atoms with Crippen LogP contribution in [0.15, 0.2) is 17.1 Å². The Bertz CT molecular complexity index is 540. The maximum Gasteiger partial charge on any atom is 0.321 e. The van der Waals surface area contributed by atoms with Gasteiger partial charge < -0.3 is 9.30 Å². The maximum atomic E-state index is 11.6. The number of ether oxygens (including phenoxy) is 1. The van der Waals surface area contributed by atoms with Crippen molar-refractivity contribution in [3.63, 3.8) is 0 Å². The summed E-state index contributed by atoms with van der Waals surface area (Å²) in [6.45, 7) is 1.45. The lowest BCUT2D eigenvalue weighted by Crippen LogP contribution is -2.28. The van der Waals surface area contributed by atoms with E-state index in [2.05, 4.69) is 20.7 Å². The van der Waals surface area contributed by atoms with Crippen LogP contribution in [0.3, 0.4) is 0 Å². The van der Waals surface area contributed by atoms with Crippen LogP contribution in [-0.4, -0.2) is 27.4 Å². The fourth-order valence-electron chi connectivity index (χ4n) is 1.36. The van der Waals surface area contributed by atoms with Crippen molar-refractivity contribution in [3.05, 3.63) is 38.3 Å². The van der Waals surface area contributed by atoms with Crippen LogP contribution in [0.4, 0.5) is 5.69 Å². The zero-order valence-electron chi connectivity index (χ0n) is 9.75. The predicted octanol–water partition coefficient (Wildman–Crippen LogP) is 1.00. The van der Waals surface area contributed by atoms with Crippen LogP contribution in [-0.2, 0) is 16.1 Å². The highest BCUT2D eigenvalue weighted by atomic mass is 79.9. The summed E-state index contributed by atoms with van der Waals surface area (Å²) in [6.07, 6.45) is 1.12. The number of alkyl halides is 1. The summed E-state index contributed by atoms with van der Waals surface area (Å²) in [5, 5.41) is 10.7. The SMILES string of the molecule is COC(=O)C(Br)Cn1cc([N+](=O)[O-])c(C)cc1=O. The molecule has 1 atom stereocenters. The number of halogens is 1. The van der Waals surface area contributed by atoms with Crippen molar-refractivity contribution < 1.29 is 14.5 Å². The molecule has 0 saturated carbocycles. The first-order valence-electron chi connectivity index (χ1n) is 4.94. The standard InChI is InChI=1S/C10H11BrN2O5/c1-6-3-9(14)12(5-8(6)13(16)17)4-7(11)10(15)18-2/h3,5,7H,4H2,1-2H3. The molecule has 0 aliphatic heterocycles. The summed E-state index contributed by atoms with van der Waals surface area (Å²) in [5.74, 6) is -0.551. The number of nitrogens with zero attached hydrogens (tertiary/aromatic N) is 2. The Morgan fingerprint density at radius 2 is 2.28 bits per heavy atom. The van der Waals surface area contributed by atoms with Crippen LogP contribution in [0.2, 0.25) is 0 Å². The fraction of sp³-hybridized carbons (Fsp3) is 0.400. The van der Waals surface area contributed by atoms with Gasteiger partial charge in [0.05, 0.1) is 18.2 Å². The molecule has 0 fully saturated rings. The van der Waals surface area contributed by atoms with E-state index in [1.807, 2.05) is 0 Å². The first kappa shape index (κ1) is 14.4. The first-order chi connectivity index (χ1) is 8.36. The first-order valence-corrected chi connectivity index (χ1v) is 5.85. The average molecular weight is 319 g/mol. The zero-order valence-corrected chi connectivity index (χ0v) is 11.3. The van der Waals surface area contributed by atoms with Gasteiger partial charge in [-0.2, -0.15) is 0 Å². The number of carbonyl (C=O) groups excluding carboxylic acids is 1. The molecule has 1 unspecified atom stereocenters. The number of aromatic nitrogens is 1. The van der Waals surface area contributed by atoms with Gasteiger partial charge in [0.2, 0.25) is 0 Å². The van der Waals surface area contributed by atoms with Gasteiger partial charge in [-0.3, -0.25) is 19.7 Å². The van der Waals surface area contributed by atoms with Crippen LogP contribution in [0.25, 0.3) is 0 Å². The summed E-state index contributed by atoms with van der Waals surface area (Å²) < 4.78 is 5.59. The second-order valence-electron chi connectivity index (χ2n) is 3.58. The molecule has 0 aliphatic rings. The van der Waals surface area contributed by atoms with Crippen molar-refractivity contribution in [3.8, 4) is 0 Å². The Hall–Kier alpha value is -1.70. The fourth-order valence-corrected chi connectivity index (χ4v) is 1.86. The highest BCUT2D eigenvalue weighted by molar-refractivity contribution is 9.10. The summed E-state index contributed by atoms with van der Waals surface area (Å²) in [4.78, 5) is 32.3. The van der Waals surface area contributed by atoms with E-state index in [0.29, 0.717) is 0 Å². The second-order valence-corrected chi connectivity index (χ2v) is 4.69. The molecular formula is C10H11BrN2O5. The lowest BCUT2D eigenvalue weighted by molar-refractivity contribution is -0.385. The van der Waals surface area contributed by atoms with E-state index in [4.69, 9.17) is 0 Å². The van der Waals surface area contributed by atoms with Crippen LogP contribution in [0.1, 0.15) is 5.56 Å². The molecule has 0 aromatic carbocycles. The van der Waals surface area contributed by atoms with E-state index in [0.717, 1.165) is 16.8 Å². The van der Waals surface area contributed by atoms with E-state index in [1.54, 1.807) is 0 Å². The molecule has 0 aliphatic carbocycles. The number of aryl methyl sites for hydroxylation is 1. The monoisotopic (exact) mass is 318 g/mol. The normalized spacial score (nSPS) is 11.9. The molecular weight excluding hydrogens is 308 g/mol. The third-order valence-corrected chi connectivity index (χ3v) is 2.98. The Labute approximate surface area is 111 Å². The molecule has 0 spiro atoms. The van der Waals surface area contributed by atoms with Crippen LogP contribution in [0, 0.1) is 17.0 Å². The van der Waals surface area contributed by atoms with E-state index in [1.165, 1.54) is 14.0 Å². The minimum Gasteiger partial charge on any atom is -0.468 e. The van der Waals surface area contributed by atoms with Crippen molar-refractivity contribution in [1.82, 2.24) is 4.57 Å². The Morgan fingerprint density at radius 3 is 2.78 bits per heavy atom. The largest absolute Gasteiger partial charge is 0.468 e. The molecule has 0 radical (unpaired) electrons. The van der Waals surface area contributed by atoms with Crippen LogP contribution >= 0.6 is 15.9 Å². The van der Waals surface area contributed by atoms with Gasteiger partial charge in [0.15, 0.2) is 0 Å². The second kappa shape index (κ2) is 5.76. The van der Waals surface area contributed by atoms with E-state index >= 15 is 0 Å². The third-order valence-electron chi connectivity index (χ3n) is 2.32. The minimum absolute atomic E-state index is 0.0351. The summed E-state index contributed by atoms with van der Waals surface area (Å²) >= 11 is 3.05. The Kier molecular flexibility index (Phi) is 4.60. The Balaban J connectivity index is 3.10. The summed E-state index contributed by atoms with van der Waals surface area (Å²) in [6, 6.07) is 1.16. The molecule has 98 valence electrons. The van der Waals surface area contributed by atoms with Gasteiger partial charge in [-0.15, -0.1) is 0 Å². The molecule has 7 nitrogen and oxygen atoms in total. The highest BCUT2D eigenvalue weighted by Crippen LogP contribution is 2.15. The molecule has 0 amide bonds. The molecule has 0 bridgehead atoms. The molecule has 1 aromatic rings. The number of esters is 1. The summed E-state index contributed by atoms with van der Waals surface area (Å²) in [7, 11) is 1.22. The van der Waals surface area contributed by atoms with Crippen molar-refractivity contribution in [2.45, 2.75) is 18.3 Å². The van der Waals surface area contributed by atoms with E-state index < -0.39 is 21.3 Å². The van der Waals surface area contributed by atoms with Crippen LogP contribution < -0.4 is 5.56 Å². The average Bonchev–Trinajstić information content (AvgIpc) is 2.30. The number of carbonyl (C=O) groups is 1. The molecule has 18 heavy (non-hydrogen) atoms. The molecule has 0 saturated heterocycles. The molecule has 8 heteroatoms. The number of rotatable bonds is 4. The van der Waals surface area contributed by atoms with E-state index in [-0.39, 0.29) is 17.8 Å².